The minimum atomic E-state index is -4.79. The van der Waals surface area contributed by atoms with Crippen molar-refractivity contribution in [3.63, 3.8) is 0 Å². The molecule has 1 atom stereocenters. The van der Waals surface area contributed by atoms with Gasteiger partial charge in [-0.2, -0.15) is 13.2 Å². The smallest absolute Gasteiger partial charge is 0.419 e. The van der Waals surface area contributed by atoms with Gasteiger partial charge in [-0.05, 0) is 24.6 Å². The molecule has 0 saturated carbocycles. The fourth-order valence-corrected chi connectivity index (χ4v) is 1.47. The highest BCUT2D eigenvalue weighted by molar-refractivity contribution is 5.93. The van der Waals surface area contributed by atoms with Gasteiger partial charge in [0.2, 0.25) is 5.91 Å². The summed E-state index contributed by atoms with van der Waals surface area (Å²) in [4.78, 5) is 21.7. The molecule has 1 unspecified atom stereocenters. The Morgan fingerprint density at radius 3 is 2.40 bits per heavy atom. The Balaban J connectivity index is 3.25. The summed E-state index contributed by atoms with van der Waals surface area (Å²) in [5.74, 6) is -3.05. The van der Waals surface area contributed by atoms with E-state index in [1.165, 1.54) is 6.92 Å². The van der Waals surface area contributed by atoms with Crippen molar-refractivity contribution in [1.82, 2.24) is 0 Å². The van der Waals surface area contributed by atoms with Crippen LogP contribution in [0.1, 0.15) is 29.3 Å². The number of carbonyl (C=O) groups excluding carboxylic acids is 1. The zero-order valence-corrected chi connectivity index (χ0v) is 10.4. The van der Waals surface area contributed by atoms with Crippen molar-refractivity contribution in [2.75, 3.05) is 0 Å². The molecule has 20 heavy (non-hydrogen) atoms. The fourth-order valence-electron chi connectivity index (χ4n) is 1.47. The Bertz CT molecular complexity index is 528. The first kappa shape index (κ1) is 15.8. The molecule has 1 aromatic carbocycles. The van der Waals surface area contributed by atoms with Crippen LogP contribution in [0.15, 0.2) is 18.2 Å². The summed E-state index contributed by atoms with van der Waals surface area (Å²) >= 11 is 0. The molecule has 0 fully saturated rings. The number of nitrogens with two attached hydrogens (primary N) is 1. The van der Waals surface area contributed by atoms with Crippen molar-refractivity contribution in [2.45, 2.75) is 25.6 Å². The van der Waals surface area contributed by atoms with Crippen LogP contribution < -0.4 is 10.5 Å². The van der Waals surface area contributed by atoms with E-state index in [1.807, 2.05) is 0 Å². The Morgan fingerprint density at radius 1 is 1.40 bits per heavy atom. The van der Waals surface area contributed by atoms with Gasteiger partial charge in [-0.1, -0.05) is 6.92 Å². The first-order valence-corrected chi connectivity index (χ1v) is 5.57. The number of amides is 1. The van der Waals surface area contributed by atoms with Gasteiger partial charge in [-0.25, -0.2) is 4.79 Å². The average molecular weight is 291 g/mol. The lowest BCUT2D eigenvalue weighted by Gasteiger charge is -2.18. The van der Waals surface area contributed by atoms with Crippen LogP contribution in [-0.2, 0) is 11.0 Å². The molecule has 0 radical (unpaired) electrons. The van der Waals surface area contributed by atoms with Crippen molar-refractivity contribution >= 4 is 11.9 Å². The molecule has 0 spiro atoms. The third-order valence-corrected chi connectivity index (χ3v) is 2.48. The van der Waals surface area contributed by atoms with E-state index >= 15 is 0 Å². The quantitative estimate of drug-likeness (QED) is 0.868. The van der Waals surface area contributed by atoms with Gasteiger partial charge in [-0.3, -0.25) is 4.79 Å². The number of rotatable bonds is 5. The largest absolute Gasteiger partial charge is 0.479 e. The van der Waals surface area contributed by atoms with Crippen LogP contribution >= 0.6 is 0 Å². The van der Waals surface area contributed by atoms with Gasteiger partial charge in [0, 0.05) is 5.56 Å². The number of alkyl halides is 3. The van der Waals surface area contributed by atoms with Crippen molar-refractivity contribution in [3.05, 3.63) is 29.3 Å². The van der Waals surface area contributed by atoms with E-state index in [0.29, 0.717) is 6.07 Å². The number of ether oxygens (including phenoxy) is 1. The highest BCUT2D eigenvalue weighted by Gasteiger charge is 2.36. The zero-order chi connectivity index (χ0) is 15.5. The first-order chi connectivity index (χ1) is 9.16. The Labute approximate surface area is 112 Å². The number of carbonyl (C=O) groups is 2. The molecule has 1 amide bonds. The molecule has 0 aliphatic carbocycles. The molecule has 5 nitrogen and oxygen atoms in total. The number of hydrogen-bond acceptors (Lipinski definition) is 3. The maximum Gasteiger partial charge on any atom is 0.419 e. The number of benzene rings is 1. The second-order valence-corrected chi connectivity index (χ2v) is 3.93. The van der Waals surface area contributed by atoms with E-state index in [1.54, 1.807) is 0 Å². The van der Waals surface area contributed by atoms with Gasteiger partial charge in [0.15, 0.2) is 6.10 Å². The van der Waals surface area contributed by atoms with Crippen LogP contribution in [0.25, 0.3) is 0 Å². The Kier molecular flexibility index (Phi) is 4.59. The zero-order valence-electron chi connectivity index (χ0n) is 10.4. The molecule has 0 heterocycles. The minimum absolute atomic E-state index is 0.00972. The number of primary amides is 1. The van der Waals surface area contributed by atoms with Gasteiger partial charge < -0.3 is 15.6 Å². The number of halogens is 3. The van der Waals surface area contributed by atoms with Crippen molar-refractivity contribution in [1.29, 1.82) is 0 Å². The second kappa shape index (κ2) is 5.81. The fraction of sp³-hybridized carbons (Fsp3) is 0.333. The van der Waals surface area contributed by atoms with Gasteiger partial charge in [0.1, 0.15) is 5.75 Å². The maximum absolute atomic E-state index is 12.9. The monoisotopic (exact) mass is 291 g/mol. The predicted molar refractivity (Wildman–Crippen MR) is 62.3 cm³/mol. The molecule has 1 rings (SSSR count). The Morgan fingerprint density at radius 2 is 2.00 bits per heavy atom. The van der Waals surface area contributed by atoms with Crippen molar-refractivity contribution in [3.8, 4) is 5.75 Å². The summed E-state index contributed by atoms with van der Waals surface area (Å²) in [6.07, 6.45) is -6.21. The molecule has 110 valence electrons. The van der Waals surface area contributed by atoms with Crippen LogP contribution in [-0.4, -0.2) is 23.1 Å². The SMILES string of the molecule is CCC(Oc1ccc(C(N)=O)cc1C(F)(F)F)C(=O)O. The number of carboxylic acid groups (broad SMARTS) is 1. The topological polar surface area (TPSA) is 89.6 Å². The summed E-state index contributed by atoms with van der Waals surface area (Å²) in [5.41, 5.74) is 3.33. The van der Waals surface area contributed by atoms with E-state index < -0.39 is 35.5 Å². The highest BCUT2D eigenvalue weighted by Crippen LogP contribution is 2.37. The summed E-state index contributed by atoms with van der Waals surface area (Å²) < 4.78 is 43.4. The molecule has 0 aromatic heterocycles. The lowest BCUT2D eigenvalue weighted by Crippen LogP contribution is -2.27. The Hall–Kier alpha value is -2.25. The molecule has 0 saturated heterocycles. The lowest BCUT2D eigenvalue weighted by molar-refractivity contribution is -0.148. The molecule has 0 aliphatic rings. The number of hydrogen-bond donors (Lipinski definition) is 2. The molecule has 3 N–H and O–H groups in total. The first-order valence-electron chi connectivity index (χ1n) is 5.57. The predicted octanol–water partition coefficient (Wildman–Crippen LogP) is 2.05. The van der Waals surface area contributed by atoms with Crippen LogP contribution in [0.2, 0.25) is 0 Å². The van der Waals surface area contributed by atoms with E-state index in [4.69, 9.17) is 15.6 Å². The summed E-state index contributed by atoms with van der Waals surface area (Å²) in [6, 6.07) is 2.46. The van der Waals surface area contributed by atoms with Gasteiger partial charge in [-0.15, -0.1) is 0 Å². The van der Waals surface area contributed by atoms with E-state index in [0.717, 1.165) is 12.1 Å². The summed E-state index contributed by atoms with van der Waals surface area (Å²) in [5, 5.41) is 8.79. The standard InChI is InChI=1S/C12H12F3NO4/c1-2-8(11(18)19)20-9-4-3-6(10(16)17)5-7(9)12(13,14)15/h3-5,8H,2H2,1H3,(H2,16,17)(H,18,19). The highest BCUT2D eigenvalue weighted by atomic mass is 19.4. The van der Waals surface area contributed by atoms with Crippen LogP contribution in [0.3, 0.4) is 0 Å². The molecule has 8 heteroatoms. The molecular weight excluding hydrogens is 279 g/mol. The molecule has 0 aliphatic heterocycles. The summed E-state index contributed by atoms with van der Waals surface area (Å²) in [7, 11) is 0. The normalized spacial score (nSPS) is 12.8. The van der Waals surface area contributed by atoms with Crippen molar-refractivity contribution in [2.24, 2.45) is 5.73 Å². The summed E-state index contributed by atoms with van der Waals surface area (Å²) in [6.45, 7) is 1.46. The van der Waals surface area contributed by atoms with E-state index in [-0.39, 0.29) is 12.0 Å². The van der Waals surface area contributed by atoms with Crippen LogP contribution in [0.5, 0.6) is 5.75 Å². The maximum atomic E-state index is 12.9. The van der Waals surface area contributed by atoms with E-state index in [2.05, 4.69) is 0 Å². The van der Waals surface area contributed by atoms with Gasteiger partial charge in [0.05, 0.1) is 5.56 Å². The van der Waals surface area contributed by atoms with Gasteiger partial charge in [0.25, 0.3) is 0 Å². The van der Waals surface area contributed by atoms with E-state index in [9.17, 15) is 22.8 Å². The second-order valence-electron chi connectivity index (χ2n) is 3.93. The molecular formula is C12H12F3NO4. The third-order valence-electron chi connectivity index (χ3n) is 2.48. The molecule has 1 aromatic rings. The molecule has 0 bridgehead atoms. The number of carboxylic acids is 1. The van der Waals surface area contributed by atoms with Gasteiger partial charge >= 0.3 is 12.1 Å². The minimum Gasteiger partial charge on any atom is -0.479 e. The van der Waals surface area contributed by atoms with Crippen LogP contribution in [0.4, 0.5) is 13.2 Å². The van der Waals surface area contributed by atoms with Crippen LogP contribution in [0, 0.1) is 0 Å². The lowest BCUT2D eigenvalue weighted by atomic mass is 10.1. The average Bonchev–Trinajstić information content (AvgIpc) is 2.34. The van der Waals surface area contributed by atoms with Crippen molar-refractivity contribution < 1.29 is 32.6 Å². The third kappa shape index (κ3) is 3.62. The number of aliphatic carboxylic acids is 1.